The van der Waals surface area contributed by atoms with E-state index in [-0.39, 0.29) is 5.91 Å². The second kappa shape index (κ2) is 7.89. The largest absolute Gasteiger partial charge is 0.385 e. The zero-order valence-corrected chi connectivity index (χ0v) is 11.4. The number of hydrogen-bond donors (Lipinski definition) is 2. The van der Waals surface area contributed by atoms with Gasteiger partial charge in [0.25, 0.3) is 5.91 Å². The molecule has 1 aromatic rings. The Morgan fingerprint density at radius 1 is 1.56 bits per heavy atom. The van der Waals surface area contributed by atoms with Crippen LogP contribution in [0.2, 0.25) is 5.02 Å². The SMILES string of the molecule is CCNc1cc(C(=O)NCCCOC)c(Cl)cn1. The normalized spacial score (nSPS) is 10.2. The Morgan fingerprint density at radius 3 is 3.00 bits per heavy atom. The second-order valence-electron chi connectivity index (χ2n) is 3.68. The fourth-order valence-electron chi connectivity index (χ4n) is 1.40. The van der Waals surface area contributed by atoms with Gasteiger partial charge >= 0.3 is 0 Å². The van der Waals surface area contributed by atoms with Gasteiger partial charge in [-0.15, -0.1) is 0 Å². The Bertz CT molecular complexity index is 399. The van der Waals surface area contributed by atoms with Crippen molar-refractivity contribution in [2.45, 2.75) is 13.3 Å². The topological polar surface area (TPSA) is 63.2 Å². The van der Waals surface area contributed by atoms with Gasteiger partial charge in [-0.05, 0) is 19.4 Å². The molecule has 0 fully saturated rings. The first kappa shape index (κ1) is 14.7. The van der Waals surface area contributed by atoms with Crippen LogP contribution in [-0.2, 0) is 4.74 Å². The Hall–Kier alpha value is -1.33. The lowest BCUT2D eigenvalue weighted by molar-refractivity contribution is 0.0948. The van der Waals surface area contributed by atoms with Gasteiger partial charge in [-0.1, -0.05) is 11.6 Å². The molecule has 0 unspecified atom stereocenters. The number of carbonyl (C=O) groups is 1. The molecule has 1 amide bonds. The smallest absolute Gasteiger partial charge is 0.252 e. The molecular formula is C12H18ClN3O2. The number of aromatic nitrogens is 1. The van der Waals surface area contributed by atoms with Gasteiger partial charge in [-0.3, -0.25) is 4.79 Å². The summed E-state index contributed by atoms with van der Waals surface area (Å²) in [5.74, 6) is 0.446. The number of nitrogens with one attached hydrogen (secondary N) is 2. The molecule has 0 aliphatic rings. The summed E-state index contributed by atoms with van der Waals surface area (Å²) in [7, 11) is 1.63. The summed E-state index contributed by atoms with van der Waals surface area (Å²) in [4.78, 5) is 16.0. The van der Waals surface area contributed by atoms with Crippen LogP contribution < -0.4 is 10.6 Å². The van der Waals surface area contributed by atoms with Crippen molar-refractivity contribution in [1.82, 2.24) is 10.3 Å². The van der Waals surface area contributed by atoms with Gasteiger partial charge < -0.3 is 15.4 Å². The van der Waals surface area contributed by atoms with Gasteiger partial charge in [0, 0.05) is 33.0 Å². The van der Waals surface area contributed by atoms with Gasteiger partial charge in [0.2, 0.25) is 0 Å². The van der Waals surface area contributed by atoms with Crippen molar-refractivity contribution in [3.8, 4) is 0 Å². The van der Waals surface area contributed by atoms with Crippen molar-refractivity contribution in [3.05, 3.63) is 22.8 Å². The van der Waals surface area contributed by atoms with Crippen LogP contribution in [0.4, 0.5) is 5.82 Å². The maximum absolute atomic E-state index is 11.9. The van der Waals surface area contributed by atoms with E-state index in [0.29, 0.717) is 29.6 Å². The van der Waals surface area contributed by atoms with Crippen molar-refractivity contribution in [3.63, 3.8) is 0 Å². The van der Waals surface area contributed by atoms with E-state index in [1.165, 1.54) is 6.20 Å². The Labute approximate surface area is 112 Å². The summed E-state index contributed by atoms with van der Waals surface area (Å²) in [6.45, 7) is 3.87. The highest BCUT2D eigenvalue weighted by molar-refractivity contribution is 6.33. The van der Waals surface area contributed by atoms with Crippen LogP contribution in [0, 0.1) is 0 Å². The lowest BCUT2D eigenvalue weighted by atomic mass is 10.2. The number of nitrogens with zero attached hydrogens (tertiary/aromatic N) is 1. The fraction of sp³-hybridized carbons (Fsp3) is 0.500. The van der Waals surface area contributed by atoms with Crippen LogP contribution in [0.3, 0.4) is 0 Å². The van der Waals surface area contributed by atoms with E-state index in [2.05, 4.69) is 15.6 Å². The van der Waals surface area contributed by atoms with Gasteiger partial charge in [-0.2, -0.15) is 0 Å². The predicted molar refractivity (Wildman–Crippen MR) is 72.2 cm³/mol. The number of halogens is 1. The summed E-state index contributed by atoms with van der Waals surface area (Å²) in [5, 5.41) is 6.17. The fourth-order valence-corrected chi connectivity index (χ4v) is 1.59. The number of pyridine rings is 1. The van der Waals surface area contributed by atoms with E-state index >= 15 is 0 Å². The van der Waals surface area contributed by atoms with Gasteiger partial charge in [-0.25, -0.2) is 4.98 Å². The maximum Gasteiger partial charge on any atom is 0.252 e. The van der Waals surface area contributed by atoms with Crippen LogP contribution >= 0.6 is 11.6 Å². The molecule has 1 rings (SSSR count). The average molecular weight is 272 g/mol. The van der Waals surface area contributed by atoms with Crippen molar-refractivity contribution < 1.29 is 9.53 Å². The summed E-state index contributed by atoms with van der Waals surface area (Å²) in [6.07, 6.45) is 2.24. The molecule has 0 aliphatic heterocycles. The maximum atomic E-state index is 11.9. The quantitative estimate of drug-likeness (QED) is 0.744. The Morgan fingerprint density at radius 2 is 2.33 bits per heavy atom. The monoisotopic (exact) mass is 271 g/mol. The number of rotatable bonds is 7. The van der Waals surface area contributed by atoms with E-state index in [4.69, 9.17) is 16.3 Å². The number of ether oxygens (including phenoxy) is 1. The van der Waals surface area contributed by atoms with Gasteiger partial charge in [0.15, 0.2) is 0 Å². The minimum absolute atomic E-state index is 0.197. The molecule has 0 saturated carbocycles. The molecule has 0 aliphatic carbocycles. The highest BCUT2D eigenvalue weighted by Gasteiger charge is 2.11. The van der Waals surface area contributed by atoms with E-state index < -0.39 is 0 Å². The molecule has 0 bridgehead atoms. The minimum atomic E-state index is -0.197. The first-order chi connectivity index (χ1) is 8.69. The van der Waals surface area contributed by atoms with E-state index in [1.54, 1.807) is 13.2 Å². The lowest BCUT2D eigenvalue weighted by Crippen LogP contribution is -2.25. The number of methoxy groups -OCH3 is 1. The molecule has 5 nitrogen and oxygen atoms in total. The molecule has 0 atom stereocenters. The zero-order chi connectivity index (χ0) is 13.4. The van der Waals surface area contributed by atoms with Crippen LogP contribution in [-0.4, -0.2) is 37.7 Å². The summed E-state index contributed by atoms with van der Waals surface area (Å²) in [6, 6.07) is 1.65. The number of amides is 1. The standard InChI is InChI=1S/C12H18ClN3O2/c1-3-14-11-7-9(10(13)8-16-11)12(17)15-5-4-6-18-2/h7-8H,3-6H2,1-2H3,(H,14,16)(H,15,17). The van der Waals surface area contributed by atoms with Gasteiger partial charge in [0.05, 0.1) is 10.6 Å². The van der Waals surface area contributed by atoms with E-state index in [0.717, 1.165) is 13.0 Å². The third-order valence-corrected chi connectivity index (χ3v) is 2.57. The van der Waals surface area contributed by atoms with Crippen LogP contribution in [0.5, 0.6) is 0 Å². The number of hydrogen-bond acceptors (Lipinski definition) is 4. The van der Waals surface area contributed by atoms with Crippen molar-refractivity contribution in [2.75, 3.05) is 32.1 Å². The molecule has 6 heteroatoms. The molecule has 2 N–H and O–H groups in total. The predicted octanol–water partition coefficient (Wildman–Crippen LogP) is 1.93. The first-order valence-corrected chi connectivity index (χ1v) is 6.23. The van der Waals surface area contributed by atoms with Crippen molar-refractivity contribution in [1.29, 1.82) is 0 Å². The zero-order valence-electron chi connectivity index (χ0n) is 10.6. The van der Waals surface area contributed by atoms with E-state index in [1.807, 2.05) is 6.92 Å². The first-order valence-electron chi connectivity index (χ1n) is 5.85. The Kier molecular flexibility index (Phi) is 6.46. The van der Waals surface area contributed by atoms with Crippen molar-refractivity contribution in [2.24, 2.45) is 0 Å². The highest BCUT2D eigenvalue weighted by atomic mass is 35.5. The number of carbonyl (C=O) groups excluding carboxylic acids is 1. The molecule has 18 heavy (non-hydrogen) atoms. The lowest BCUT2D eigenvalue weighted by Gasteiger charge is -2.08. The molecule has 1 heterocycles. The molecule has 0 radical (unpaired) electrons. The summed E-state index contributed by atoms with van der Waals surface area (Å²) >= 11 is 5.96. The Balaban J connectivity index is 2.63. The highest BCUT2D eigenvalue weighted by Crippen LogP contribution is 2.17. The van der Waals surface area contributed by atoms with Crippen molar-refractivity contribution >= 4 is 23.3 Å². The van der Waals surface area contributed by atoms with Crippen LogP contribution in [0.15, 0.2) is 12.3 Å². The second-order valence-corrected chi connectivity index (χ2v) is 4.09. The molecule has 1 aromatic heterocycles. The van der Waals surface area contributed by atoms with E-state index in [9.17, 15) is 4.79 Å². The molecule has 0 saturated heterocycles. The number of anilines is 1. The third kappa shape index (κ3) is 4.50. The van der Waals surface area contributed by atoms with Crippen LogP contribution in [0.25, 0.3) is 0 Å². The molecule has 0 aromatic carbocycles. The minimum Gasteiger partial charge on any atom is -0.385 e. The summed E-state index contributed by atoms with van der Waals surface area (Å²) in [5.41, 5.74) is 0.431. The van der Waals surface area contributed by atoms with Gasteiger partial charge in [0.1, 0.15) is 5.82 Å². The summed E-state index contributed by atoms with van der Waals surface area (Å²) < 4.78 is 4.91. The molecule has 100 valence electrons. The molecular weight excluding hydrogens is 254 g/mol. The average Bonchev–Trinajstić information content (AvgIpc) is 2.37. The third-order valence-electron chi connectivity index (χ3n) is 2.27. The van der Waals surface area contributed by atoms with Crippen LogP contribution in [0.1, 0.15) is 23.7 Å². The molecule has 0 spiro atoms.